The summed E-state index contributed by atoms with van der Waals surface area (Å²) in [5, 5.41) is 19.2. The van der Waals surface area contributed by atoms with Gasteiger partial charge < -0.3 is 10.2 Å². The third kappa shape index (κ3) is 6.50. The molecule has 2 nitrogen and oxygen atoms in total. The minimum absolute atomic E-state index is 0.337. The van der Waals surface area contributed by atoms with Gasteiger partial charge in [0.15, 0.2) is 0 Å². The Balaban J connectivity index is 4.10. The molecule has 0 saturated carbocycles. The van der Waals surface area contributed by atoms with E-state index in [0.717, 1.165) is 12.6 Å². The van der Waals surface area contributed by atoms with E-state index in [1.165, 1.54) is 19.3 Å². The van der Waals surface area contributed by atoms with Crippen LogP contribution in [0, 0.1) is 5.92 Å². The summed E-state index contributed by atoms with van der Waals surface area (Å²) in [5.41, 5.74) is 0. The summed E-state index contributed by atoms with van der Waals surface area (Å²) in [7, 11) is -0.629. The molecule has 0 aromatic carbocycles. The van der Waals surface area contributed by atoms with Gasteiger partial charge in [-0.15, -0.1) is 0 Å². The molecule has 0 radical (unpaired) electrons. The zero-order valence-corrected chi connectivity index (χ0v) is 11.5. The van der Waals surface area contributed by atoms with Crippen LogP contribution in [0.25, 0.3) is 0 Å². The number of unbranched alkanes of at least 4 members (excludes halogenated alkanes) is 1. The van der Waals surface area contributed by atoms with Gasteiger partial charge in [-0.2, -0.15) is 0 Å². The summed E-state index contributed by atoms with van der Waals surface area (Å²) in [5.74, 6) is 0.00612. The van der Waals surface area contributed by atoms with Gasteiger partial charge in [0.1, 0.15) is 0 Å². The number of hydrogen-bond donors (Lipinski definition) is 2. The molecule has 0 aliphatic carbocycles. The third-order valence-electron chi connectivity index (χ3n) is 2.97. The molecule has 15 heavy (non-hydrogen) atoms. The van der Waals surface area contributed by atoms with E-state index in [1.54, 1.807) is 0 Å². The van der Waals surface area contributed by atoms with Gasteiger partial charge in [-0.1, -0.05) is 39.5 Å². The largest absolute Gasteiger partial charge is 0.389 e. The van der Waals surface area contributed by atoms with E-state index in [-0.39, 0.29) is 11.7 Å². The average Bonchev–Trinajstić information content (AvgIpc) is 2.17. The van der Waals surface area contributed by atoms with Crippen molar-refractivity contribution in [1.29, 1.82) is 0 Å². The van der Waals surface area contributed by atoms with Crippen LogP contribution in [0.15, 0.2) is 0 Å². The molecule has 0 fully saturated rings. The van der Waals surface area contributed by atoms with Crippen LogP contribution in [0.4, 0.5) is 0 Å². The minimum Gasteiger partial charge on any atom is -0.389 e. The summed E-state index contributed by atoms with van der Waals surface area (Å²) < 4.78 is 0. The lowest BCUT2D eigenvalue weighted by Crippen LogP contribution is -2.16. The average molecular weight is 234 g/mol. The first-order chi connectivity index (χ1) is 7.02. The lowest BCUT2D eigenvalue weighted by Gasteiger charge is -2.27. The van der Waals surface area contributed by atoms with E-state index in [0.29, 0.717) is 5.92 Å². The number of aliphatic hydroxyl groups excluding tert-OH is 2. The van der Waals surface area contributed by atoms with Crippen LogP contribution >= 0.6 is 7.92 Å². The first-order valence-corrected chi connectivity index (χ1v) is 7.81. The van der Waals surface area contributed by atoms with Crippen molar-refractivity contribution in [2.24, 2.45) is 5.92 Å². The molecular weight excluding hydrogens is 207 g/mol. The fraction of sp³-hybridized carbons (Fsp3) is 1.00. The van der Waals surface area contributed by atoms with Crippen LogP contribution in [-0.4, -0.2) is 28.1 Å². The standard InChI is InChI=1S/C12H27O2P/c1-5-7-8-12(6-2)9-15(10(3)13)11(4)14/h10-14H,5-9H2,1-4H3. The van der Waals surface area contributed by atoms with Gasteiger partial charge in [0, 0.05) is 0 Å². The van der Waals surface area contributed by atoms with Gasteiger partial charge >= 0.3 is 0 Å². The van der Waals surface area contributed by atoms with E-state index in [4.69, 9.17) is 0 Å². The lowest BCUT2D eigenvalue weighted by molar-refractivity contribution is 0.242. The molecule has 3 heteroatoms. The summed E-state index contributed by atoms with van der Waals surface area (Å²) in [4.78, 5) is 0. The molecule has 3 atom stereocenters. The van der Waals surface area contributed by atoms with Crippen molar-refractivity contribution >= 4 is 7.92 Å². The van der Waals surface area contributed by atoms with E-state index in [1.807, 2.05) is 13.8 Å². The zero-order chi connectivity index (χ0) is 11.8. The Morgan fingerprint density at radius 2 is 1.60 bits per heavy atom. The molecule has 0 aliphatic heterocycles. The number of hydrogen-bond acceptors (Lipinski definition) is 2. The van der Waals surface area contributed by atoms with Crippen LogP contribution in [-0.2, 0) is 0 Å². The quantitative estimate of drug-likeness (QED) is 0.632. The highest BCUT2D eigenvalue weighted by molar-refractivity contribution is 7.58. The van der Waals surface area contributed by atoms with Crippen LogP contribution in [0.5, 0.6) is 0 Å². The summed E-state index contributed by atoms with van der Waals surface area (Å²) in [6.07, 6.45) is 5.92. The van der Waals surface area contributed by atoms with E-state index < -0.39 is 7.92 Å². The highest BCUT2D eigenvalue weighted by atomic mass is 31.1. The topological polar surface area (TPSA) is 40.5 Å². The number of rotatable bonds is 8. The molecular formula is C12H27O2P. The third-order valence-corrected chi connectivity index (χ3v) is 5.83. The Morgan fingerprint density at radius 3 is 1.93 bits per heavy atom. The predicted octanol–water partition coefficient (Wildman–Crippen LogP) is 3.36. The molecule has 0 spiro atoms. The van der Waals surface area contributed by atoms with E-state index in [2.05, 4.69) is 13.8 Å². The molecule has 0 aliphatic rings. The Hall–Kier alpha value is 0.350. The maximum atomic E-state index is 9.62. The molecule has 92 valence electrons. The molecule has 0 heterocycles. The molecule has 0 saturated heterocycles. The van der Waals surface area contributed by atoms with Crippen LogP contribution in [0.1, 0.15) is 53.4 Å². The zero-order valence-electron chi connectivity index (χ0n) is 10.6. The van der Waals surface area contributed by atoms with E-state index >= 15 is 0 Å². The maximum Gasteiger partial charge on any atom is 0.0727 e. The second kappa shape index (κ2) is 8.50. The first-order valence-electron chi connectivity index (χ1n) is 6.14. The van der Waals surface area contributed by atoms with Crippen LogP contribution in [0.3, 0.4) is 0 Å². The van der Waals surface area contributed by atoms with Gasteiger partial charge in [-0.25, -0.2) is 0 Å². The van der Waals surface area contributed by atoms with Crippen molar-refractivity contribution in [3.63, 3.8) is 0 Å². The highest BCUT2D eigenvalue weighted by Crippen LogP contribution is 2.46. The maximum absolute atomic E-state index is 9.62. The van der Waals surface area contributed by atoms with Crippen molar-refractivity contribution in [2.45, 2.75) is 65.1 Å². The Bertz CT molecular complexity index is 141. The smallest absolute Gasteiger partial charge is 0.0727 e. The van der Waals surface area contributed by atoms with Gasteiger partial charge in [-0.05, 0) is 33.8 Å². The van der Waals surface area contributed by atoms with Gasteiger partial charge in [0.05, 0.1) is 11.7 Å². The summed E-state index contributed by atoms with van der Waals surface area (Å²) in [6.45, 7) is 8.03. The fourth-order valence-corrected chi connectivity index (χ4v) is 4.10. The summed E-state index contributed by atoms with van der Waals surface area (Å²) >= 11 is 0. The van der Waals surface area contributed by atoms with Crippen molar-refractivity contribution < 1.29 is 10.2 Å². The van der Waals surface area contributed by atoms with Crippen molar-refractivity contribution in [3.8, 4) is 0 Å². The lowest BCUT2D eigenvalue weighted by atomic mass is 10.0. The second-order valence-electron chi connectivity index (χ2n) is 4.38. The first kappa shape index (κ1) is 15.3. The Labute approximate surface area is 95.8 Å². The van der Waals surface area contributed by atoms with Gasteiger partial charge in [0.2, 0.25) is 0 Å². The fourth-order valence-electron chi connectivity index (χ4n) is 1.83. The molecule has 3 unspecified atom stereocenters. The van der Waals surface area contributed by atoms with Gasteiger partial charge in [0.25, 0.3) is 0 Å². The second-order valence-corrected chi connectivity index (χ2v) is 7.27. The van der Waals surface area contributed by atoms with Crippen LogP contribution in [0.2, 0.25) is 0 Å². The SMILES string of the molecule is CCCCC(CC)CP(C(C)O)C(C)O. The van der Waals surface area contributed by atoms with Crippen molar-refractivity contribution in [3.05, 3.63) is 0 Å². The number of aliphatic hydroxyl groups is 2. The van der Waals surface area contributed by atoms with Crippen LogP contribution < -0.4 is 0 Å². The molecule has 0 aromatic heterocycles. The Morgan fingerprint density at radius 1 is 1.07 bits per heavy atom. The minimum atomic E-state index is -0.629. The molecule has 0 bridgehead atoms. The van der Waals surface area contributed by atoms with Gasteiger partial charge in [-0.3, -0.25) is 0 Å². The highest BCUT2D eigenvalue weighted by Gasteiger charge is 2.22. The molecule has 0 amide bonds. The van der Waals surface area contributed by atoms with Crippen molar-refractivity contribution in [1.82, 2.24) is 0 Å². The predicted molar refractivity (Wildman–Crippen MR) is 68.5 cm³/mol. The monoisotopic (exact) mass is 234 g/mol. The van der Waals surface area contributed by atoms with Crippen molar-refractivity contribution in [2.75, 3.05) is 6.16 Å². The molecule has 0 aromatic rings. The normalized spacial score (nSPS) is 19.6. The van der Waals surface area contributed by atoms with E-state index in [9.17, 15) is 10.2 Å². The molecule has 2 N–H and O–H groups in total. The Kier molecular flexibility index (Phi) is 8.69. The summed E-state index contributed by atoms with van der Waals surface area (Å²) in [6, 6.07) is 0. The molecule has 0 rings (SSSR count).